The molecule has 0 aliphatic heterocycles. The van der Waals surface area contributed by atoms with Crippen molar-refractivity contribution in [3.63, 3.8) is 0 Å². The van der Waals surface area contributed by atoms with Crippen LogP contribution >= 0.6 is 0 Å². The molecule has 0 spiro atoms. The fourth-order valence-corrected chi connectivity index (χ4v) is 3.01. The molecule has 3 rings (SSSR count). The molecule has 34 heavy (non-hydrogen) atoms. The Balaban J connectivity index is 1.31. The second-order valence-corrected chi connectivity index (χ2v) is 7.31. The van der Waals surface area contributed by atoms with Crippen molar-refractivity contribution in [2.24, 2.45) is 0 Å². The molecule has 0 heterocycles. The van der Waals surface area contributed by atoms with Gasteiger partial charge in [0.05, 0.1) is 0 Å². The Bertz CT molecular complexity index is 933. The van der Waals surface area contributed by atoms with Crippen LogP contribution in [-0.2, 0) is 9.59 Å². The minimum Gasteiger partial charge on any atom is -0.480 e. The molecule has 0 fully saturated rings. The summed E-state index contributed by atoms with van der Waals surface area (Å²) in [6.45, 7) is 1.84. The summed E-state index contributed by atoms with van der Waals surface area (Å²) in [6.07, 6.45) is 0. The van der Waals surface area contributed by atoms with Crippen LogP contribution in [0.4, 0.5) is 11.4 Å². The lowest BCUT2D eigenvalue weighted by Gasteiger charge is -2.13. The van der Waals surface area contributed by atoms with E-state index in [4.69, 9.17) is 9.47 Å². The monoisotopic (exact) mass is 462 g/mol. The first kappa shape index (κ1) is 24.4. The molecule has 0 aromatic heterocycles. The van der Waals surface area contributed by atoms with Crippen molar-refractivity contribution in [3.8, 4) is 11.5 Å². The summed E-state index contributed by atoms with van der Waals surface area (Å²) in [6, 6.07) is 26.5. The summed E-state index contributed by atoms with van der Waals surface area (Å²) >= 11 is 0. The highest BCUT2D eigenvalue weighted by atomic mass is 16.5. The van der Waals surface area contributed by atoms with Crippen LogP contribution in [0.25, 0.3) is 0 Å². The first-order valence-electron chi connectivity index (χ1n) is 11.2. The first-order chi connectivity index (χ1) is 16.7. The van der Waals surface area contributed by atoms with Crippen molar-refractivity contribution in [2.75, 3.05) is 50.0 Å². The van der Waals surface area contributed by atoms with Crippen molar-refractivity contribution in [3.05, 3.63) is 84.9 Å². The third-order valence-electron chi connectivity index (χ3n) is 4.67. The topological polar surface area (TPSA) is 101 Å². The van der Waals surface area contributed by atoms with E-state index in [1.54, 1.807) is 24.3 Å². The highest BCUT2D eigenvalue weighted by molar-refractivity contribution is 5.78. The molecule has 3 aromatic carbocycles. The predicted octanol–water partition coefficient (Wildman–Crippen LogP) is 2.90. The lowest BCUT2D eigenvalue weighted by molar-refractivity contribution is -0.124. The van der Waals surface area contributed by atoms with Gasteiger partial charge in [0, 0.05) is 37.6 Å². The standard InChI is InChI=1S/C26H30N4O4/c31-25(29-17-15-27-21-9-3-1-4-10-21)19-33-23-13-7-8-14-24(23)34-20-26(32)30-18-16-28-22-11-5-2-6-12-22/h1-14,27-28H,15-20H2,(H,29,31)(H,30,32). The molecule has 0 saturated carbocycles. The molecule has 0 radical (unpaired) electrons. The number of ether oxygens (including phenoxy) is 2. The van der Waals surface area contributed by atoms with Gasteiger partial charge in [0.1, 0.15) is 0 Å². The van der Waals surface area contributed by atoms with E-state index in [1.165, 1.54) is 0 Å². The number of para-hydroxylation sites is 4. The number of amides is 2. The molecule has 0 saturated heterocycles. The molecular formula is C26H30N4O4. The molecule has 0 bridgehead atoms. The predicted molar refractivity (Wildman–Crippen MR) is 133 cm³/mol. The highest BCUT2D eigenvalue weighted by Gasteiger charge is 2.09. The SMILES string of the molecule is O=C(COc1ccccc1OCC(=O)NCCNc1ccccc1)NCCNc1ccccc1. The van der Waals surface area contributed by atoms with Crippen LogP contribution in [0.15, 0.2) is 84.9 Å². The number of carbonyl (C=O) groups is 2. The molecule has 178 valence electrons. The second-order valence-electron chi connectivity index (χ2n) is 7.31. The van der Waals surface area contributed by atoms with E-state index in [0.29, 0.717) is 37.7 Å². The Morgan fingerprint density at radius 1 is 0.529 bits per heavy atom. The normalized spacial score (nSPS) is 10.1. The van der Waals surface area contributed by atoms with E-state index in [9.17, 15) is 9.59 Å². The first-order valence-corrected chi connectivity index (χ1v) is 11.2. The average Bonchev–Trinajstić information content (AvgIpc) is 2.88. The fraction of sp³-hybridized carbons (Fsp3) is 0.231. The van der Waals surface area contributed by atoms with E-state index in [2.05, 4.69) is 21.3 Å². The van der Waals surface area contributed by atoms with Gasteiger partial charge in [0.2, 0.25) is 0 Å². The van der Waals surface area contributed by atoms with Gasteiger partial charge < -0.3 is 30.7 Å². The van der Waals surface area contributed by atoms with Crippen LogP contribution in [0.2, 0.25) is 0 Å². The quantitative estimate of drug-likeness (QED) is 0.275. The van der Waals surface area contributed by atoms with Crippen molar-refractivity contribution >= 4 is 23.2 Å². The van der Waals surface area contributed by atoms with E-state index in [1.807, 2.05) is 60.7 Å². The van der Waals surface area contributed by atoms with Crippen molar-refractivity contribution in [1.29, 1.82) is 0 Å². The maximum atomic E-state index is 12.1. The molecule has 2 amide bonds. The number of hydrogen-bond acceptors (Lipinski definition) is 6. The zero-order valence-electron chi connectivity index (χ0n) is 19.0. The van der Waals surface area contributed by atoms with Crippen molar-refractivity contribution in [1.82, 2.24) is 10.6 Å². The van der Waals surface area contributed by atoms with Gasteiger partial charge in [-0.25, -0.2) is 0 Å². The number of rotatable bonds is 14. The summed E-state index contributed by atoms with van der Waals surface area (Å²) < 4.78 is 11.2. The highest BCUT2D eigenvalue weighted by Crippen LogP contribution is 2.26. The zero-order chi connectivity index (χ0) is 23.8. The Kier molecular flexibility index (Phi) is 10.1. The largest absolute Gasteiger partial charge is 0.480 e. The van der Waals surface area contributed by atoms with Crippen LogP contribution in [-0.4, -0.2) is 51.2 Å². The van der Waals surface area contributed by atoms with Gasteiger partial charge >= 0.3 is 0 Å². The molecule has 0 unspecified atom stereocenters. The second kappa shape index (κ2) is 14.1. The molecular weight excluding hydrogens is 432 g/mol. The van der Waals surface area contributed by atoms with Gasteiger partial charge in [-0.05, 0) is 36.4 Å². The number of nitrogens with one attached hydrogen (secondary N) is 4. The third kappa shape index (κ3) is 9.12. The average molecular weight is 463 g/mol. The van der Waals surface area contributed by atoms with E-state index >= 15 is 0 Å². The van der Waals surface area contributed by atoms with Crippen LogP contribution in [0.1, 0.15) is 0 Å². The molecule has 8 heteroatoms. The summed E-state index contributed by atoms with van der Waals surface area (Å²) in [4.78, 5) is 24.2. The maximum absolute atomic E-state index is 12.1. The number of hydrogen-bond donors (Lipinski definition) is 4. The van der Waals surface area contributed by atoms with E-state index in [-0.39, 0.29) is 25.0 Å². The zero-order valence-corrected chi connectivity index (χ0v) is 19.0. The van der Waals surface area contributed by atoms with Gasteiger partial charge in [-0.3, -0.25) is 9.59 Å². The van der Waals surface area contributed by atoms with Gasteiger partial charge in [-0.15, -0.1) is 0 Å². The number of anilines is 2. The fourth-order valence-electron chi connectivity index (χ4n) is 3.01. The summed E-state index contributed by atoms with van der Waals surface area (Å²) in [5.74, 6) is 0.318. The van der Waals surface area contributed by atoms with Gasteiger partial charge in [0.25, 0.3) is 11.8 Å². The minimum atomic E-state index is -0.242. The van der Waals surface area contributed by atoms with Crippen LogP contribution in [0, 0.1) is 0 Å². The number of benzene rings is 3. The number of carbonyl (C=O) groups excluding carboxylic acids is 2. The summed E-state index contributed by atoms with van der Waals surface area (Å²) in [7, 11) is 0. The van der Waals surface area contributed by atoms with Crippen molar-refractivity contribution in [2.45, 2.75) is 0 Å². The molecule has 3 aromatic rings. The van der Waals surface area contributed by atoms with Crippen LogP contribution in [0.3, 0.4) is 0 Å². The van der Waals surface area contributed by atoms with Crippen LogP contribution < -0.4 is 30.7 Å². The molecule has 0 aliphatic carbocycles. The van der Waals surface area contributed by atoms with E-state index in [0.717, 1.165) is 11.4 Å². The Labute approximate surface area is 199 Å². The maximum Gasteiger partial charge on any atom is 0.258 e. The van der Waals surface area contributed by atoms with Gasteiger partial charge in [-0.1, -0.05) is 48.5 Å². The lowest BCUT2D eigenvalue weighted by atomic mass is 10.3. The molecule has 0 atom stereocenters. The Hall–Kier alpha value is -4.20. The molecule has 0 aliphatic rings. The smallest absolute Gasteiger partial charge is 0.258 e. The third-order valence-corrected chi connectivity index (χ3v) is 4.67. The van der Waals surface area contributed by atoms with Crippen molar-refractivity contribution < 1.29 is 19.1 Å². The summed E-state index contributed by atoms with van der Waals surface area (Å²) in [5, 5.41) is 12.0. The Morgan fingerprint density at radius 2 is 0.912 bits per heavy atom. The molecule has 8 nitrogen and oxygen atoms in total. The lowest BCUT2D eigenvalue weighted by Crippen LogP contribution is -2.33. The van der Waals surface area contributed by atoms with Gasteiger partial charge in [0.15, 0.2) is 24.7 Å². The van der Waals surface area contributed by atoms with Gasteiger partial charge in [-0.2, -0.15) is 0 Å². The van der Waals surface area contributed by atoms with Crippen LogP contribution in [0.5, 0.6) is 11.5 Å². The minimum absolute atomic E-state index is 0.150. The van der Waals surface area contributed by atoms with E-state index < -0.39 is 0 Å². The summed E-state index contributed by atoms with van der Waals surface area (Å²) in [5.41, 5.74) is 1.99. The molecule has 4 N–H and O–H groups in total. The Morgan fingerprint density at radius 3 is 1.32 bits per heavy atom.